The Labute approximate surface area is 69.0 Å². The molecule has 0 nitrogen and oxygen atoms in total. The smallest absolute Gasteiger partial charge is 0.00897 e. The lowest BCUT2D eigenvalue weighted by atomic mass is 10.1. The summed E-state index contributed by atoms with van der Waals surface area (Å²) in [6.45, 7) is 2.16. The maximum Gasteiger partial charge on any atom is 0.00897 e. The summed E-state index contributed by atoms with van der Waals surface area (Å²) in [7, 11) is 0. The number of hydrogen-bond donors (Lipinski definition) is 0. The Balaban J connectivity index is 2.43. The Bertz CT molecular complexity index is 220. The van der Waals surface area contributed by atoms with Crippen molar-refractivity contribution in [3.63, 3.8) is 0 Å². The van der Waals surface area contributed by atoms with Gasteiger partial charge in [0.15, 0.2) is 0 Å². The molecule has 0 saturated heterocycles. The molecule has 0 aliphatic heterocycles. The summed E-state index contributed by atoms with van der Waals surface area (Å²) in [5.41, 5.74) is 1.29. The molecule has 0 heteroatoms. The predicted octanol–water partition coefficient (Wildman–Crippen LogP) is 3.07. The van der Waals surface area contributed by atoms with E-state index in [1.54, 1.807) is 0 Å². The summed E-state index contributed by atoms with van der Waals surface area (Å²) < 4.78 is 0. The quantitative estimate of drug-likeness (QED) is 0.499. The highest BCUT2D eigenvalue weighted by Gasteiger charge is 1.93. The predicted molar refractivity (Wildman–Crippen MR) is 49.1 cm³/mol. The van der Waals surface area contributed by atoms with Crippen LogP contribution in [0.5, 0.6) is 0 Å². The Hall–Kier alpha value is -0.960. The summed E-state index contributed by atoms with van der Waals surface area (Å²) in [4.78, 5) is 0. The fraction of sp³-hybridized carbons (Fsp3) is 0.455. The highest BCUT2D eigenvalue weighted by atomic mass is 14.0. The molecule has 11 heavy (non-hydrogen) atoms. The van der Waals surface area contributed by atoms with Gasteiger partial charge in [0.05, 0.1) is 0 Å². The summed E-state index contributed by atoms with van der Waals surface area (Å²) in [6.07, 6.45) is 10.9. The number of hydrogen-bond acceptors (Lipinski definition) is 0. The van der Waals surface area contributed by atoms with Gasteiger partial charge in [0.25, 0.3) is 0 Å². The molecule has 0 aromatic heterocycles. The van der Waals surface area contributed by atoms with Crippen LogP contribution in [0.2, 0.25) is 0 Å². The van der Waals surface area contributed by atoms with Gasteiger partial charge in [0, 0.05) is 12.0 Å². The van der Waals surface area contributed by atoms with E-state index in [9.17, 15) is 0 Å². The first-order chi connectivity index (χ1) is 5.43. The average molecular weight is 146 g/mol. The number of unbranched alkanes of at least 4 members (excludes halogenated alkanes) is 1. The van der Waals surface area contributed by atoms with E-state index in [1.807, 2.05) is 0 Å². The van der Waals surface area contributed by atoms with E-state index in [4.69, 9.17) is 0 Å². The van der Waals surface area contributed by atoms with Crippen molar-refractivity contribution in [3.8, 4) is 11.8 Å². The molecule has 0 amide bonds. The minimum atomic E-state index is 1.03. The molecule has 0 spiro atoms. The molecule has 1 rings (SSSR count). The van der Waals surface area contributed by atoms with Gasteiger partial charge < -0.3 is 0 Å². The van der Waals surface area contributed by atoms with Crippen LogP contribution in [0.15, 0.2) is 23.8 Å². The van der Waals surface area contributed by atoms with Crippen LogP contribution in [0.25, 0.3) is 0 Å². The van der Waals surface area contributed by atoms with Crippen LogP contribution in [0.4, 0.5) is 0 Å². The van der Waals surface area contributed by atoms with Crippen molar-refractivity contribution < 1.29 is 0 Å². The van der Waals surface area contributed by atoms with Gasteiger partial charge in [0.1, 0.15) is 0 Å². The molecule has 0 aromatic carbocycles. The van der Waals surface area contributed by atoms with Crippen LogP contribution in [-0.2, 0) is 0 Å². The second-order valence-electron chi connectivity index (χ2n) is 2.71. The first-order valence-corrected chi connectivity index (χ1v) is 4.28. The van der Waals surface area contributed by atoms with Gasteiger partial charge in [-0.05, 0) is 19.3 Å². The molecule has 0 aromatic rings. The Morgan fingerprint density at radius 2 is 2.45 bits per heavy atom. The molecule has 0 atom stereocenters. The van der Waals surface area contributed by atoms with Crippen LogP contribution in [0.1, 0.15) is 32.6 Å². The second kappa shape index (κ2) is 4.79. The number of allylic oxidation sites excluding steroid dienone is 4. The topological polar surface area (TPSA) is 0 Å². The summed E-state index contributed by atoms with van der Waals surface area (Å²) in [6, 6.07) is 0. The van der Waals surface area contributed by atoms with Crippen molar-refractivity contribution in [3.05, 3.63) is 23.8 Å². The average Bonchev–Trinajstić information content (AvgIpc) is 2.07. The lowest BCUT2D eigenvalue weighted by Gasteiger charge is -1.99. The van der Waals surface area contributed by atoms with Gasteiger partial charge in [-0.2, -0.15) is 0 Å². The van der Waals surface area contributed by atoms with Crippen LogP contribution in [0.3, 0.4) is 0 Å². The third-order valence-corrected chi connectivity index (χ3v) is 1.64. The zero-order valence-electron chi connectivity index (χ0n) is 7.06. The van der Waals surface area contributed by atoms with Crippen molar-refractivity contribution >= 4 is 0 Å². The van der Waals surface area contributed by atoms with E-state index in [0.717, 1.165) is 25.7 Å². The van der Waals surface area contributed by atoms with Crippen LogP contribution >= 0.6 is 0 Å². The molecular formula is C11H14. The van der Waals surface area contributed by atoms with Crippen molar-refractivity contribution in [2.45, 2.75) is 32.6 Å². The third-order valence-electron chi connectivity index (χ3n) is 1.64. The Kier molecular flexibility index (Phi) is 3.55. The lowest BCUT2D eigenvalue weighted by molar-refractivity contribution is 0.976. The van der Waals surface area contributed by atoms with E-state index in [1.165, 1.54) is 5.57 Å². The molecule has 1 aliphatic rings. The van der Waals surface area contributed by atoms with E-state index in [2.05, 4.69) is 37.0 Å². The zero-order chi connectivity index (χ0) is 7.94. The van der Waals surface area contributed by atoms with Crippen LogP contribution in [0, 0.1) is 11.8 Å². The highest BCUT2D eigenvalue weighted by Crippen LogP contribution is 2.09. The normalized spacial score (nSPS) is 15.2. The molecule has 0 unspecified atom stereocenters. The van der Waals surface area contributed by atoms with Gasteiger partial charge in [-0.1, -0.05) is 37.0 Å². The van der Waals surface area contributed by atoms with E-state index in [0.29, 0.717) is 0 Å². The van der Waals surface area contributed by atoms with Gasteiger partial charge in [-0.15, -0.1) is 0 Å². The van der Waals surface area contributed by atoms with E-state index in [-0.39, 0.29) is 0 Å². The van der Waals surface area contributed by atoms with Gasteiger partial charge >= 0.3 is 0 Å². The van der Waals surface area contributed by atoms with Gasteiger partial charge in [-0.25, -0.2) is 0 Å². The second-order valence-corrected chi connectivity index (χ2v) is 2.71. The molecule has 0 saturated carbocycles. The van der Waals surface area contributed by atoms with E-state index >= 15 is 0 Å². The summed E-state index contributed by atoms with van der Waals surface area (Å²) >= 11 is 0. The fourth-order valence-corrected chi connectivity index (χ4v) is 1.01. The minimum Gasteiger partial charge on any atom is -0.0982 e. The Morgan fingerprint density at radius 1 is 1.55 bits per heavy atom. The Morgan fingerprint density at radius 3 is 3.09 bits per heavy atom. The SMILES string of the molecule is CCCC#CC1=CC=CCC1. The molecule has 0 N–H and O–H groups in total. The molecular weight excluding hydrogens is 132 g/mol. The van der Waals surface area contributed by atoms with Gasteiger partial charge in [0.2, 0.25) is 0 Å². The molecule has 0 fully saturated rings. The van der Waals surface area contributed by atoms with Crippen molar-refractivity contribution in [2.75, 3.05) is 0 Å². The summed E-state index contributed by atoms with van der Waals surface area (Å²) in [5, 5.41) is 0. The fourth-order valence-electron chi connectivity index (χ4n) is 1.01. The van der Waals surface area contributed by atoms with Crippen molar-refractivity contribution in [2.24, 2.45) is 0 Å². The van der Waals surface area contributed by atoms with Crippen molar-refractivity contribution in [1.29, 1.82) is 0 Å². The van der Waals surface area contributed by atoms with Crippen LogP contribution < -0.4 is 0 Å². The maximum absolute atomic E-state index is 3.18. The molecule has 0 heterocycles. The lowest BCUT2D eigenvalue weighted by Crippen LogP contribution is -1.82. The third kappa shape index (κ3) is 3.09. The minimum absolute atomic E-state index is 1.03. The largest absolute Gasteiger partial charge is 0.0982 e. The first kappa shape index (κ1) is 8.14. The molecule has 0 radical (unpaired) electrons. The zero-order valence-corrected chi connectivity index (χ0v) is 7.06. The standard InChI is InChI=1S/C11H14/c1-2-3-5-8-11-9-6-4-7-10-11/h4,6,9H,2-3,7,10H2,1H3. The molecule has 58 valence electrons. The maximum atomic E-state index is 3.18. The van der Waals surface area contributed by atoms with Crippen LogP contribution in [-0.4, -0.2) is 0 Å². The van der Waals surface area contributed by atoms with E-state index < -0.39 is 0 Å². The summed E-state index contributed by atoms with van der Waals surface area (Å²) in [5.74, 6) is 6.33. The number of rotatable bonds is 1. The monoisotopic (exact) mass is 146 g/mol. The highest BCUT2D eigenvalue weighted by molar-refractivity contribution is 5.34. The molecule has 1 aliphatic carbocycles. The first-order valence-electron chi connectivity index (χ1n) is 4.28. The van der Waals surface area contributed by atoms with Gasteiger partial charge in [-0.3, -0.25) is 0 Å². The van der Waals surface area contributed by atoms with Crippen molar-refractivity contribution in [1.82, 2.24) is 0 Å². The molecule has 0 bridgehead atoms.